The van der Waals surface area contributed by atoms with Crippen molar-refractivity contribution in [1.82, 2.24) is 10.2 Å². The lowest BCUT2D eigenvalue weighted by Crippen LogP contribution is -2.37. The molecule has 1 N–H and O–H groups in total. The summed E-state index contributed by atoms with van der Waals surface area (Å²) >= 11 is 1.76. The molecule has 0 spiro atoms. The van der Waals surface area contributed by atoms with Crippen molar-refractivity contribution >= 4 is 11.8 Å². The van der Waals surface area contributed by atoms with E-state index in [1.165, 1.54) is 21.6 Å². The molecule has 0 saturated carbocycles. The lowest BCUT2D eigenvalue weighted by molar-refractivity contribution is 0.0384. The molecule has 1 saturated heterocycles. The van der Waals surface area contributed by atoms with Gasteiger partial charge < -0.3 is 14.8 Å². The Morgan fingerprint density at radius 3 is 2.67 bits per heavy atom. The highest BCUT2D eigenvalue weighted by molar-refractivity contribution is 7.98. The van der Waals surface area contributed by atoms with Gasteiger partial charge in [0, 0.05) is 36.6 Å². The van der Waals surface area contributed by atoms with Gasteiger partial charge >= 0.3 is 0 Å². The van der Waals surface area contributed by atoms with Gasteiger partial charge in [0.05, 0.1) is 13.2 Å². The predicted octanol–water partition coefficient (Wildman–Crippen LogP) is 4.10. The average molecular weight is 387 g/mol. The zero-order valence-electron chi connectivity index (χ0n) is 16.6. The van der Waals surface area contributed by atoms with Crippen molar-refractivity contribution < 1.29 is 9.47 Å². The van der Waals surface area contributed by atoms with E-state index in [4.69, 9.17) is 9.47 Å². The topological polar surface area (TPSA) is 33.7 Å². The second-order valence-corrected chi connectivity index (χ2v) is 7.76. The summed E-state index contributed by atoms with van der Waals surface area (Å²) in [4.78, 5) is 3.76. The van der Waals surface area contributed by atoms with Crippen LogP contribution in [0.4, 0.5) is 0 Å². The third kappa shape index (κ3) is 5.72. The molecule has 0 radical (unpaired) electrons. The van der Waals surface area contributed by atoms with E-state index in [9.17, 15) is 0 Å². The third-order valence-electron chi connectivity index (χ3n) is 4.91. The zero-order valence-corrected chi connectivity index (χ0v) is 17.4. The van der Waals surface area contributed by atoms with Gasteiger partial charge in [-0.1, -0.05) is 12.1 Å². The fourth-order valence-electron chi connectivity index (χ4n) is 3.37. The number of thioether (sulfide) groups is 1. The van der Waals surface area contributed by atoms with Crippen LogP contribution in [0.2, 0.25) is 0 Å². The van der Waals surface area contributed by atoms with Crippen molar-refractivity contribution in [3.63, 3.8) is 0 Å². The Balaban J connectivity index is 1.70. The van der Waals surface area contributed by atoms with E-state index >= 15 is 0 Å². The fourth-order valence-corrected chi connectivity index (χ4v) is 3.95. The third-order valence-corrected chi connectivity index (χ3v) is 5.80. The van der Waals surface area contributed by atoms with Crippen LogP contribution in [-0.2, 0) is 17.7 Å². The molecule has 5 heteroatoms. The average Bonchev–Trinajstić information content (AvgIpc) is 2.69. The largest absolute Gasteiger partial charge is 0.457 e. The molecule has 0 atom stereocenters. The van der Waals surface area contributed by atoms with E-state index in [1.54, 1.807) is 11.8 Å². The van der Waals surface area contributed by atoms with Gasteiger partial charge in [0.15, 0.2) is 0 Å². The van der Waals surface area contributed by atoms with E-state index in [-0.39, 0.29) is 0 Å². The number of ether oxygens (including phenoxy) is 2. The Hall–Kier alpha value is -1.53. The number of morpholine rings is 1. The number of nitrogens with zero attached hydrogens (tertiary/aromatic N) is 1. The predicted molar refractivity (Wildman–Crippen MR) is 113 cm³/mol. The van der Waals surface area contributed by atoms with Crippen LogP contribution in [0, 0.1) is 6.92 Å². The highest BCUT2D eigenvalue weighted by atomic mass is 32.2. The molecule has 1 aliphatic rings. The second-order valence-electron chi connectivity index (χ2n) is 6.91. The van der Waals surface area contributed by atoms with Gasteiger partial charge in [0.2, 0.25) is 0 Å². The maximum atomic E-state index is 6.22. The summed E-state index contributed by atoms with van der Waals surface area (Å²) in [6.07, 6.45) is 3.15. The standard InChI is InChI=1S/C22H30N2O2S/c1-17-14-20(5-7-22(17)27-3)26-21-6-4-18(15-19(21)16-23-2)8-9-24-10-12-25-13-11-24/h4-7,14-15,23H,8-13,16H2,1-3H3. The first-order valence-corrected chi connectivity index (χ1v) is 10.8. The van der Waals surface area contributed by atoms with Gasteiger partial charge in [-0.05, 0) is 62.0 Å². The van der Waals surface area contributed by atoms with Gasteiger partial charge in [-0.25, -0.2) is 0 Å². The molecule has 0 aromatic heterocycles. The first kappa shape index (κ1) is 20.2. The summed E-state index contributed by atoms with van der Waals surface area (Å²) < 4.78 is 11.6. The van der Waals surface area contributed by atoms with Crippen LogP contribution >= 0.6 is 11.8 Å². The van der Waals surface area contributed by atoms with E-state index < -0.39 is 0 Å². The van der Waals surface area contributed by atoms with Crippen molar-refractivity contribution in [2.75, 3.05) is 46.2 Å². The molecule has 27 heavy (non-hydrogen) atoms. The SMILES string of the molecule is CNCc1cc(CCN2CCOCC2)ccc1Oc1ccc(SC)c(C)c1. The molecule has 1 fully saturated rings. The van der Waals surface area contributed by atoms with Crippen molar-refractivity contribution in [3.8, 4) is 11.5 Å². The molecule has 3 rings (SSSR count). The van der Waals surface area contributed by atoms with Gasteiger partial charge in [0.1, 0.15) is 11.5 Å². The van der Waals surface area contributed by atoms with Crippen LogP contribution in [0.5, 0.6) is 11.5 Å². The molecular formula is C22H30N2O2S. The number of nitrogens with one attached hydrogen (secondary N) is 1. The Morgan fingerprint density at radius 2 is 1.96 bits per heavy atom. The molecule has 2 aromatic carbocycles. The van der Waals surface area contributed by atoms with Crippen LogP contribution in [-0.4, -0.2) is 51.1 Å². The molecule has 0 unspecified atom stereocenters. The molecule has 1 heterocycles. The van der Waals surface area contributed by atoms with E-state index in [1.807, 2.05) is 13.1 Å². The number of hydrogen-bond donors (Lipinski definition) is 1. The van der Waals surface area contributed by atoms with E-state index in [0.29, 0.717) is 0 Å². The van der Waals surface area contributed by atoms with Crippen LogP contribution in [0.3, 0.4) is 0 Å². The van der Waals surface area contributed by atoms with Gasteiger partial charge in [0.25, 0.3) is 0 Å². The molecule has 0 aliphatic carbocycles. The van der Waals surface area contributed by atoms with Gasteiger partial charge in [-0.2, -0.15) is 0 Å². The molecule has 1 aliphatic heterocycles. The first-order chi connectivity index (χ1) is 13.2. The summed E-state index contributed by atoms with van der Waals surface area (Å²) in [7, 11) is 1.97. The van der Waals surface area contributed by atoms with Gasteiger partial charge in [-0.15, -0.1) is 11.8 Å². The number of benzene rings is 2. The van der Waals surface area contributed by atoms with Crippen LogP contribution < -0.4 is 10.1 Å². The van der Waals surface area contributed by atoms with Crippen LogP contribution in [0.1, 0.15) is 16.7 Å². The quantitative estimate of drug-likeness (QED) is 0.691. The monoisotopic (exact) mass is 386 g/mol. The van der Waals surface area contributed by atoms with E-state index in [0.717, 1.165) is 57.3 Å². The number of aryl methyl sites for hydroxylation is 1. The van der Waals surface area contributed by atoms with Gasteiger partial charge in [-0.3, -0.25) is 4.90 Å². The maximum absolute atomic E-state index is 6.22. The summed E-state index contributed by atoms with van der Waals surface area (Å²) in [5, 5.41) is 3.26. The Labute approximate surface area is 167 Å². The highest BCUT2D eigenvalue weighted by Gasteiger charge is 2.12. The number of hydrogen-bond acceptors (Lipinski definition) is 5. The Morgan fingerprint density at radius 1 is 1.15 bits per heavy atom. The minimum absolute atomic E-state index is 0.794. The highest BCUT2D eigenvalue weighted by Crippen LogP contribution is 2.30. The van der Waals surface area contributed by atoms with Crippen molar-refractivity contribution in [3.05, 3.63) is 53.1 Å². The summed E-state index contributed by atoms with van der Waals surface area (Å²) in [6.45, 7) is 7.79. The zero-order chi connectivity index (χ0) is 19.1. The smallest absolute Gasteiger partial charge is 0.131 e. The molecule has 0 amide bonds. The lowest BCUT2D eigenvalue weighted by Gasteiger charge is -2.26. The molecular weight excluding hydrogens is 356 g/mol. The van der Waals surface area contributed by atoms with Crippen molar-refractivity contribution in [1.29, 1.82) is 0 Å². The summed E-state index contributed by atoms with van der Waals surface area (Å²) in [6, 6.07) is 12.9. The summed E-state index contributed by atoms with van der Waals surface area (Å²) in [5.41, 5.74) is 3.80. The van der Waals surface area contributed by atoms with Crippen LogP contribution in [0.15, 0.2) is 41.3 Å². The maximum Gasteiger partial charge on any atom is 0.131 e. The van der Waals surface area contributed by atoms with E-state index in [2.05, 4.69) is 53.7 Å². The summed E-state index contributed by atoms with van der Waals surface area (Å²) in [5.74, 6) is 1.82. The molecule has 2 aromatic rings. The molecule has 146 valence electrons. The van der Waals surface area contributed by atoms with Crippen molar-refractivity contribution in [2.24, 2.45) is 0 Å². The lowest BCUT2D eigenvalue weighted by atomic mass is 10.1. The first-order valence-electron chi connectivity index (χ1n) is 9.58. The Bertz CT molecular complexity index is 745. The fraction of sp³-hybridized carbons (Fsp3) is 0.455. The molecule has 0 bridgehead atoms. The second kappa shape index (κ2) is 10.1. The molecule has 4 nitrogen and oxygen atoms in total. The normalized spacial score (nSPS) is 15.1. The minimum Gasteiger partial charge on any atom is -0.457 e. The Kier molecular flexibility index (Phi) is 7.59. The number of rotatable bonds is 8. The van der Waals surface area contributed by atoms with Crippen molar-refractivity contribution in [2.45, 2.75) is 24.8 Å². The van der Waals surface area contributed by atoms with Crippen LogP contribution in [0.25, 0.3) is 0 Å². The minimum atomic E-state index is 0.794.